The molecule has 7 heteroatoms. The highest BCUT2D eigenvalue weighted by molar-refractivity contribution is 9.10. The fourth-order valence-corrected chi connectivity index (χ4v) is 3.95. The zero-order valence-corrected chi connectivity index (χ0v) is 16.0. The topological polar surface area (TPSA) is 78.5 Å². The molecule has 1 aromatic rings. The molecule has 6 nitrogen and oxygen atoms in total. The Kier molecular flexibility index (Phi) is 4.86. The van der Waals surface area contributed by atoms with Gasteiger partial charge in [0.25, 0.3) is 5.91 Å². The molecule has 4 amide bonds. The number of aryl methyl sites for hydroxylation is 1. The van der Waals surface area contributed by atoms with Crippen molar-refractivity contribution in [3.63, 3.8) is 0 Å². The van der Waals surface area contributed by atoms with Gasteiger partial charge < -0.3 is 10.6 Å². The molecule has 1 saturated heterocycles. The Morgan fingerprint density at radius 3 is 2.84 bits per heavy atom. The van der Waals surface area contributed by atoms with Gasteiger partial charge in [-0.3, -0.25) is 14.5 Å². The third kappa shape index (κ3) is 3.29. The van der Waals surface area contributed by atoms with Crippen LogP contribution in [0.15, 0.2) is 22.7 Å². The van der Waals surface area contributed by atoms with Crippen LogP contribution in [-0.4, -0.2) is 34.8 Å². The molecule has 1 spiro atoms. The third-order valence-corrected chi connectivity index (χ3v) is 6.13. The van der Waals surface area contributed by atoms with Crippen LogP contribution in [0.4, 0.5) is 10.5 Å². The lowest BCUT2D eigenvalue weighted by atomic mass is 9.73. The van der Waals surface area contributed by atoms with E-state index in [1.54, 1.807) is 6.07 Å². The van der Waals surface area contributed by atoms with Gasteiger partial charge in [-0.25, -0.2) is 4.79 Å². The zero-order valence-electron chi connectivity index (χ0n) is 14.4. The molecule has 1 saturated carbocycles. The quantitative estimate of drug-likeness (QED) is 0.755. The fraction of sp³-hybridized carbons (Fsp3) is 0.500. The molecule has 0 unspecified atom stereocenters. The predicted molar refractivity (Wildman–Crippen MR) is 98.1 cm³/mol. The molecular formula is C18H22BrN3O3. The fourth-order valence-electron chi connectivity index (χ4n) is 3.71. The molecule has 1 aliphatic carbocycles. The molecule has 25 heavy (non-hydrogen) atoms. The number of hydrogen-bond acceptors (Lipinski definition) is 3. The zero-order chi connectivity index (χ0) is 18.2. The van der Waals surface area contributed by atoms with E-state index in [1.165, 1.54) is 0 Å². The summed E-state index contributed by atoms with van der Waals surface area (Å²) in [5.41, 5.74) is 0.797. The Morgan fingerprint density at radius 1 is 1.40 bits per heavy atom. The highest BCUT2D eigenvalue weighted by Gasteiger charge is 2.55. The summed E-state index contributed by atoms with van der Waals surface area (Å²) in [6.45, 7) is 3.64. The molecule has 1 aliphatic heterocycles. The van der Waals surface area contributed by atoms with Crippen LogP contribution in [0.5, 0.6) is 0 Å². The van der Waals surface area contributed by atoms with E-state index in [0.29, 0.717) is 12.1 Å². The van der Waals surface area contributed by atoms with Gasteiger partial charge in [0.2, 0.25) is 5.91 Å². The molecule has 2 aliphatic rings. The van der Waals surface area contributed by atoms with Gasteiger partial charge in [-0.05, 0) is 49.4 Å². The van der Waals surface area contributed by atoms with Crippen LogP contribution < -0.4 is 10.6 Å². The third-order valence-electron chi connectivity index (χ3n) is 5.24. The largest absolute Gasteiger partial charge is 0.325 e. The summed E-state index contributed by atoms with van der Waals surface area (Å²) in [7, 11) is 0. The molecule has 0 radical (unpaired) electrons. The summed E-state index contributed by atoms with van der Waals surface area (Å²) in [6.07, 6.45) is 3.52. The smallest absolute Gasteiger partial charge is 0.325 e. The number of nitrogens with zero attached hydrogens (tertiary/aromatic N) is 1. The van der Waals surface area contributed by atoms with Gasteiger partial charge in [0.15, 0.2) is 0 Å². The lowest BCUT2D eigenvalue weighted by molar-refractivity contribution is -0.136. The second kappa shape index (κ2) is 6.78. The molecule has 1 heterocycles. The number of anilines is 1. The number of halogens is 1. The van der Waals surface area contributed by atoms with Crippen molar-refractivity contribution < 1.29 is 14.4 Å². The number of rotatable bonds is 3. The second-order valence-electron chi connectivity index (χ2n) is 6.95. The first kappa shape index (κ1) is 17.9. The Labute approximate surface area is 155 Å². The molecule has 2 atom stereocenters. The van der Waals surface area contributed by atoms with Crippen LogP contribution in [0.25, 0.3) is 0 Å². The summed E-state index contributed by atoms with van der Waals surface area (Å²) in [4.78, 5) is 38.5. The average Bonchev–Trinajstić information content (AvgIpc) is 2.79. The molecule has 134 valence electrons. The first-order valence-corrected chi connectivity index (χ1v) is 9.33. The van der Waals surface area contributed by atoms with E-state index in [4.69, 9.17) is 0 Å². The maximum Gasteiger partial charge on any atom is 0.325 e. The lowest BCUT2D eigenvalue weighted by Gasteiger charge is -2.36. The Hall–Kier alpha value is -1.89. The van der Waals surface area contributed by atoms with Gasteiger partial charge in [0, 0.05) is 10.2 Å². The van der Waals surface area contributed by atoms with Gasteiger partial charge in [-0.2, -0.15) is 0 Å². The number of carbonyl (C=O) groups is 3. The average molecular weight is 408 g/mol. The van der Waals surface area contributed by atoms with Crippen molar-refractivity contribution in [2.24, 2.45) is 5.92 Å². The number of urea groups is 1. The predicted octanol–water partition coefficient (Wildman–Crippen LogP) is 3.20. The van der Waals surface area contributed by atoms with Crippen molar-refractivity contribution in [2.45, 2.75) is 45.1 Å². The minimum atomic E-state index is -0.830. The molecule has 3 rings (SSSR count). The maximum atomic E-state index is 12.8. The van der Waals surface area contributed by atoms with Crippen LogP contribution in [0.2, 0.25) is 0 Å². The molecule has 0 bridgehead atoms. The summed E-state index contributed by atoms with van der Waals surface area (Å²) < 4.78 is 0.952. The van der Waals surface area contributed by atoms with Gasteiger partial charge in [-0.15, -0.1) is 0 Å². The van der Waals surface area contributed by atoms with Gasteiger partial charge in [0.1, 0.15) is 12.1 Å². The number of carbonyl (C=O) groups excluding carboxylic acids is 3. The second-order valence-corrected chi connectivity index (χ2v) is 7.81. The van der Waals surface area contributed by atoms with Crippen molar-refractivity contribution in [3.05, 3.63) is 28.2 Å². The first-order chi connectivity index (χ1) is 11.8. The summed E-state index contributed by atoms with van der Waals surface area (Å²) in [5, 5.41) is 5.60. The summed E-state index contributed by atoms with van der Waals surface area (Å²) >= 11 is 3.41. The van der Waals surface area contributed by atoms with Crippen LogP contribution in [0.1, 0.15) is 38.2 Å². The van der Waals surface area contributed by atoms with Crippen molar-refractivity contribution in [2.75, 3.05) is 11.9 Å². The SMILES string of the molecule is Cc1cc(NC(=O)CN2C(=O)N[C@]3(CCCC[C@@H]3C)C2=O)ccc1Br. The number of benzene rings is 1. The first-order valence-electron chi connectivity index (χ1n) is 8.53. The van der Waals surface area contributed by atoms with E-state index in [0.717, 1.165) is 34.2 Å². The van der Waals surface area contributed by atoms with Crippen molar-refractivity contribution in [1.82, 2.24) is 10.2 Å². The number of hydrogen-bond donors (Lipinski definition) is 2. The Bertz CT molecular complexity index is 736. The normalized spacial score (nSPS) is 26.0. The number of amides is 4. The van der Waals surface area contributed by atoms with Crippen molar-refractivity contribution in [3.8, 4) is 0 Å². The van der Waals surface area contributed by atoms with Crippen molar-refractivity contribution >= 4 is 39.5 Å². The molecule has 2 fully saturated rings. The van der Waals surface area contributed by atoms with E-state index in [2.05, 4.69) is 26.6 Å². The Morgan fingerprint density at radius 2 is 2.16 bits per heavy atom. The monoisotopic (exact) mass is 407 g/mol. The number of nitrogens with one attached hydrogen (secondary N) is 2. The highest BCUT2D eigenvalue weighted by Crippen LogP contribution is 2.38. The Balaban J connectivity index is 1.69. The maximum absolute atomic E-state index is 12.8. The highest BCUT2D eigenvalue weighted by atomic mass is 79.9. The van der Waals surface area contributed by atoms with E-state index < -0.39 is 11.6 Å². The van der Waals surface area contributed by atoms with E-state index >= 15 is 0 Å². The minimum Gasteiger partial charge on any atom is -0.325 e. The van der Waals surface area contributed by atoms with Gasteiger partial charge in [0.05, 0.1) is 0 Å². The van der Waals surface area contributed by atoms with Crippen LogP contribution in [0, 0.1) is 12.8 Å². The molecule has 0 aromatic heterocycles. The van der Waals surface area contributed by atoms with E-state index in [1.807, 2.05) is 26.0 Å². The van der Waals surface area contributed by atoms with Crippen molar-refractivity contribution in [1.29, 1.82) is 0 Å². The summed E-state index contributed by atoms with van der Waals surface area (Å²) in [6, 6.07) is 4.97. The minimum absolute atomic E-state index is 0.0832. The standard InChI is InChI=1S/C18H22BrN3O3/c1-11-9-13(6-7-14(11)19)20-15(23)10-22-16(24)18(21-17(22)25)8-4-3-5-12(18)2/h6-7,9,12H,3-5,8,10H2,1-2H3,(H,20,23)(H,21,25)/t12-,18-/m0/s1. The van der Waals surface area contributed by atoms with E-state index in [9.17, 15) is 14.4 Å². The van der Waals surface area contributed by atoms with Gasteiger partial charge in [-0.1, -0.05) is 35.7 Å². The lowest BCUT2D eigenvalue weighted by Crippen LogP contribution is -2.54. The van der Waals surface area contributed by atoms with Gasteiger partial charge >= 0.3 is 6.03 Å². The van der Waals surface area contributed by atoms with E-state index in [-0.39, 0.29) is 24.3 Å². The molecule has 2 N–H and O–H groups in total. The summed E-state index contributed by atoms with van der Waals surface area (Å²) in [5.74, 6) is -0.572. The van der Waals surface area contributed by atoms with Crippen LogP contribution >= 0.6 is 15.9 Å². The van der Waals surface area contributed by atoms with Crippen LogP contribution in [-0.2, 0) is 9.59 Å². The molecule has 1 aromatic carbocycles. The number of imide groups is 1. The molecular weight excluding hydrogens is 386 g/mol. The van der Waals surface area contributed by atoms with Crippen LogP contribution in [0.3, 0.4) is 0 Å².